The van der Waals surface area contributed by atoms with Crippen molar-refractivity contribution in [3.63, 3.8) is 0 Å². The van der Waals surface area contributed by atoms with Crippen molar-refractivity contribution in [2.75, 3.05) is 20.3 Å². The summed E-state index contributed by atoms with van der Waals surface area (Å²) in [6.07, 6.45) is 2.61. The lowest BCUT2D eigenvalue weighted by Gasteiger charge is -2.31. The van der Waals surface area contributed by atoms with Crippen LogP contribution < -0.4 is 20.1 Å². The quantitative estimate of drug-likeness (QED) is 0.777. The van der Waals surface area contributed by atoms with Gasteiger partial charge in [0, 0.05) is 18.0 Å². The maximum absolute atomic E-state index is 12.5. The molecule has 3 N–H and O–H groups in total. The molecule has 2 aliphatic heterocycles. The van der Waals surface area contributed by atoms with Gasteiger partial charge in [0.15, 0.2) is 11.5 Å². The van der Waals surface area contributed by atoms with E-state index in [0.29, 0.717) is 24.5 Å². The summed E-state index contributed by atoms with van der Waals surface area (Å²) in [5.74, 6) is 1.04. The predicted octanol–water partition coefficient (Wildman–Crippen LogP) is 1.45. The number of amides is 1. The average molecular weight is 334 g/mol. The Bertz CT molecular complexity index is 599. The van der Waals surface area contributed by atoms with Crippen molar-refractivity contribution in [3.05, 3.63) is 23.3 Å². The average Bonchev–Trinajstić information content (AvgIpc) is 2.61. The van der Waals surface area contributed by atoms with E-state index in [4.69, 9.17) is 9.47 Å². The molecule has 1 amide bonds. The van der Waals surface area contributed by atoms with Crippen LogP contribution in [0.2, 0.25) is 0 Å². The first kappa shape index (κ1) is 17.0. The first-order valence-electron chi connectivity index (χ1n) is 8.63. The normalized spacial score (nSPS) is 24.5. The first-order chi connectivity index (χ1) is 11.6. The summed E-state index contributed by atoms with van der Waals surface area (Å²) >= 11 is 0. The Morgan fingerprint density at radius 3 is 2.96 bits per heavy atom. The monoisotopic (exact) mass is 334 g/mol. The molecule has 132 valence electrons. The summed E-state index contributed by atoms with van der Waals surface area (Å²) in [4.78, 5) is 12.5. The summed E-state index contributed by atoms with van der Waals surface area (Å²) in [5.41, 5.74) is 1.96. The van der Waals surface area contributed by atoms with Crippen molar-refractivity contribution in [3.8, 4) is 11.5 Å². The van der Waals surface area contributed by atoms with Crippen LogP contribution in [0.4, 0.5) is 0 Å². The second kappa shape index (κ2) is 7.40. The lowest BCUT2D eigenvalue weighted by atomic mass is 9.96. The molecule has 1 aromatic carbocycles. The molecule has 0 aromatic heterocycles. The molecule has 6 nitrogen and oxygen atoms in total. The maximum Gasteiger partial charge on any atom is 0.250 e. The highest BCUT2D eigenvalue weighted by atomic mass is 16.5. The summed E-state index contributed by atoms with van der Waals surface area (Å²) in [5, 5.41) is 16.6. The van der Waals surface area contributed by atoms with Gasteiger partial charge in [-0.2, -0.15) is 0 Å². The number of aryl methyl sites for hydroxylation is 1. The number of fused-ring (bicyclic) bond motifs is 1. The molecule has 2 heterocycles. The number of rotatable bonds is 4. The van der Waals surface area contributed by atoms with Crippen LogP contribution in [0.25, 0.3) is 0 Å². The van der Waals surface area contributed by atoms with Crippen LogP contribution in [0.15, 0.2) is 12.1 Å². The van der Waals surface area contributed by atoms with Crippen molar-refractivity contribution in [2.45, 2.75) is 50.8 Å². The third-order valence-corrected chi connectivity index (χ3v) is 4.79. The van der Waals surface area contributed by atoms with Crippen LogP contribution >= 0.6 is 0 Å². The number of carbonyl (C=O) groups excluding carboxylic acids is 1. The van der Waals surface area contributed by atoms with Gasteiger partial charge in [-0.1, -0.05) is 12.5 Å². The minimum absolute atomic E-state index is 0.162. The number of benzene rings is 1. The van der Waals surface area contributed by atoms with Gasteiger partial charge < -0.3 is 25.2 Å². The van der Waals surface area contributed by atoms with E-state index in [2.05, 4.69) is 10.6 Å². The SMILES string of the molecule is COc1cc(C)cc2c1OCCC2NC(=O)C(O)C1CCCCN1. The lowest BCUT2D eigenvalue weighted by Crippen LogP contribution is -2.51. The number of hydrogen-bond acceptors (Lipinski definition) is 5. The molecular formula is C18H26N2O4. The van der Waals surface area contributed by atoms with E-state index in [1.165, 1.54) is 0 Å². The Morgan fingerprint density at radius 1 is 1.42 bits per heavy atom. The van der Waals surface area contributed by atoms with Crippen LogP contribution in [-0.4, -0.2) is 43.4 Å². The third-order valence-electron chi connectivity index (χ3n) is 4.79. The molecule has 0 bridgehead atoms. The summed E-state index contributed by atoms with van der Waals surface area (Å²) in [6.45, 7) is 3.34. The fourth-order valence-corrected chi connectivity index (χ4v) is 3.50. The lowest BCUT2D eigenvalue weighted by molar-refractivity contribution is -0.132. The van der Waals surface area contributed by atoms with Crippen LogP contribution in [-0.2, 0) is 4.79 Å². The highest BCUT2D eigenvalue weighted by Crippen LogP contribution is 2.40. The van der Waals surface area contributed by atoms with E-state index in [9.17, 15) is 9.90 Å². The van der Waals surface area contributed by atoms with Crippen molar-refractivity contribution in [1.29, 1.82) is 0 Å². The molecule has 2 aliphatic rings. The van der Waals surface area contributed by atoms with Gasteiger partial charge in [0.2, 0.25) is 0 Å². The predicted molar refractivity (Wildman–Crippen MR) is 90.4 cm³/mol. The molecule has 0 saturated carbocycles. The Hall–Kier alpha value is -1.79. The van der Waals surface area contributed by atoms with Gasteiger partial charge >= 0.3 is 0 Å². The molecule has 3 unspecified atom stereocenters. The standard InChI is InChI=1S/C18H26N2O4/c1-11-9-12-13(6-8-24-17(12)15(10-11)23-2)20-18(22)16(21)14-5-3-4-7-19-14/h9-10,13-14,16,19,21H,3-8H2,1-2H3,(H,20,22). The van der Waals surface area contributed by atoms with Gasteiger partial charge in [-0.3, -0.25) is 4.79 Å². The van der Waals surface area contributed by atoms with E-state index in [1.54, 1.807) is 7.11 Å². The Morgan fingerprint density at radius 2 is 2.25 bits per heavy atom. The zero-order valence-corrected chi connectivity index (χ0v) is 14.3. The number of aliphatic hydroxyl groups is 1. The van der Waals surface area contributed by atoms with Gasteiger partial charge in [0.1, 0.15) is 6.10 Å². The molecule has 6 heteroatoms. The van der Waals surface area contributed by atoms with Crippen molar-refractivity contribution in [1.82, 2.24) is 10.6 Å². The summed E-state index contributed by atoms with van der Waals surface area (Å²) in [7, 11) is 1.61. The second-order valence-corrected chi connectivity index (χ2v) is 6.59. The molecule has 24 heavy (non-hydrogen) atoms. The number of piperidine rings is 1. The number of methoxy groups -OCH3 is 1. The van der Waals surface area contributed by atoms with E-state index in [1.807, 2.05) is 19.1 Å². The van der Waals surface area contributed by atoms with Crippen LogP contribution in [0.5, 0.6) is 11.5 Å². The number of nitrogens with one attached hydrogen (secondary N) is 2. The first-order valence-corrected chi connectivity index (χ1v) is 8.63. The zero-order chi connectivity index (χ0) is 17.1. The van der Waals surface area contributed by atoms with Crippen molar-refractivity contribution in [2.24, 2.45) is 0 Å². The number of hydrogen-bond donors (Lipinski definition) is 3. The highest BCUT2D eigenvalue weighted by Gasteiger charge is 2.31. The van der Waals surface area contributed by atoms with E-state index >= 15 is 0 Å². The molecule has 1 aromatic rings. The van der Waals surface area contributed by atoms with Gasteiger partial charge in [-0.05, 0) is 37.9 Å². The molecule has 1 saturated heterocycles. The smallest absolute Gasteiger partial charge is 0.250 e. The molecular weight excluding hydrogens is 308 g/mol. The number of ether oxygens (including phenoxy) is 2. The number of carbonyl (C=O) groups is 1. The van der Waals surface area contributed by atoms with Gasteiger partial charge in [0.05, 0.1) is 19.8 Å². The van der Waals surface area contributed by atoms with Crippen LogP contribution in [0, 0.1) is 6.92 Å². The molecule has 3 atom stereocenters. The Balaban J connectivity index is 1.74. The third kappa shape index (κ3) is 3.49. The van der Waals surface area contributed by atoms with Gasteiger partial charge in [0.25, 0.3) is 5.91 Å². The molecule has 0 radical (unpaired) electrons. The Labute approximate surface area is 142 Å². The minimum Gasteiger partial charge on any atom is -0.493 e. The van der Waals surface area contributed by atoms with Crippen LogP contribution in [0.1, 0.15) is 42.9 Å². The summed E-state index contributed by atoms with van der Waals surface area (Å²) in [6, 6.07) is 3.59. The molecule has 1 fully saturated rings. The summed E-state index contributed by atoms with van der Waals surface area (Å²) < 4.78 is 11.1. The van der Waals surface area contributed by atoms with Crippen LogP contribution in [0.3, 0.4) is 0 Å². The van der Waals surface area contributed by atoms with E-state index in [0.717, 1.165) is 36.9 Å². The molecule has 0 aliphatic carbocycles. The van der Waals surface area contributed by atoms with E-state index < -0.39 is 6.10 Å². The maximum atomic E-state index is 12.5. The largest absolute Gasteiger partial charge is 0.493 e. The second-order valence-electron chi connectivity index (χ2n) is 6.59. The molecule has 3 rings (SSSR count). The fraction of sp³-hybridized carbons (Fsp3) is 0.611. The van der Waals surface area contributed by atoms with Crippen molar-refractivity contribution >= 4 is 5.91 Å². The zero-order valence-electron chi connectivity index (χ0n) is 14.3. The van der Waals surface area contributed by atoms with E-state index in [-0.39, 0.29) is 18.0 Å². The number of aliphatic hydroxyl groups excluding tert-OH is 1. The fourth-order valence-electron chi connectivity index (χ4n) is 3.50. The highest BCUT2D eigenvalue weighted by molar-refractivity contribution is 5.82. The Kier molecular flexibility index (Phi) is 5.26. The van der Waals surface area contributed by atoms with Gasteiger partial charge in [-0.15, -0.1) is 0 Å². The van der Waals surface area contributed by atoms with Crippen molar-refractivity contribution < 1.29 is 19.4 Å². The molecule has 0 spiro atoms. The topological polar surface area (TPSA) is 79.8 Å². The van der Waals surface area contributed by atoms with Gasteiger partial charge in [-0.25, -0.2) is 0 Å². The minimum atomic E-state index is -1.02.